The molecule has 42 valence electrons. The van der Waals surface area contributed by atoms with Crippen LogP contribution >= 0.6 is 11.1 Å². The molecule has 0 unspecified atom stereocenters. The largest absolute Gasteiger partial charge is 0.167 e. The summed E-state index contributed by atoms with van der Waals surface area (Å²) in [6.45, 7) is 2.27. The van der Waals surface area contributed by atoms with Crippen LogP contribution in [0.4, 0.5) is 0 Å². The second kappa shape index (κ2) is 1.79. The Morgan fingerprint density at radius 3 is 1.86 bits per heavy atom. The molecule has 0 aliphatic carbocycles. The average Bonchev–Trinajstić information content (AvgIpc) is 1.84. The molecule has 1 aliphatic rings. The van der Waals surface area contributed by atoms with Gasteiger partial charge in [-0.15, -0.1) is 0 Å². The Hall–Kier alpha value is 0.507. The van der Waals surface area contributed by atoms with Crippen LogP contribution in [0.3, 0.4) is 0 Å². The lowest BCUT2D eigenvalue weighted by Crippen LogP contribution is -2.14. The Morgan fingerprint density at radius 1 is 1.29 bits per heavy atom. The van der Waals surface area contributed by atoms with Crippen molar-refractivity contribution < 1.29 is 0 Å². The lowest BCUT2D eigenvalue weighted by Gasteiger charge is -2.06. The van der Waals surface area contributed by atoms with Gasteiger partial charge in [-0.1, -0.05) is 19.4 Å². The van der Waals surface area contributed by atoms with Crippen LogP contribution in [0.25, 0.3) is 0 Å². The lowest BCUT2D eigenvalue weighted by molar-refractivity contribution is 0.935. The van der Waals surface area contributed by atoms with Gasteiger partial charge >= 0.3 is 0 Å². The van der Waals surface area contributed by atoms with E-state index in [1.54, 1.807) is 0 Å². The zero-order valence-electron chi connectivity index (χ0n) is 4.71. The van der Waals surface area contributed by atoms with Crippen LogP contribution in [0.2, 0.25) is 18.6 Å². The third-order valence-corrected chi connectivity index (χ3v) is 5.57. The fourth-order valence-corrected chi connectivity index (χ4v) is 4.14. The van der Waals surface area contributed by atoms with Crippen LogP contribution in [0, 0.1) is 0 Å². The van der Waals surface area contributed by atoms with Crippen LogP contribution in [0.1, 0.15) is 12.8 Å². The van der Waals surface area contributed by atoms with E-state index in [4.69, 9.17) is 11.1 Å². The molecule has 0 aromatic heterocycles. The predicted molar refractivity (Wildman–Crippen MR) is 36.3 cm³/mol. The van der Waals surface area contributed by atoms with E-state index in [-0.39, 0.29) is 0 Å². The van der Waals surface area contributed by atoms with Crippen LogP contribution in [-0.2, 0) is 0 Å². The maximum absolute atomic E-state index is 6.11. The number of hydrogen-bond donors (Lipinski definition) is 0. The Balaban J connectivity index is 2.40. The quantitative estimate of drug-likeness (QED) is 0.353. The predicted octanol–water partition coefficient (Wildman–Crippen LogP) is 2.59. The summed E-state index contributed by atoms with van der Waals surface area (Å²) in [5.41, 5.74) is 0. The molecular formula is C5H11ClSi. The van der Waals surface area contributed by atoms with Crippen molar-refractivity contribution in [3.8, 4) is 0 Å². The minimum absolute atomic E-state index is 1.07. The summed E-state index contributed by atoms with van der Waals surface area (Å²) in [6, 6.07) is 2.71. The first-order valence-corrected chi connectivity index (χ1v) is 6.82. The fraction of sp³-hybridized carbons (Fsp3) is 1.00. The Labute approximate surface area is 50.6 Å². The van der Waals surface area contributed by atoms with Crippen molar-refractivity contribution >= 4 is 18.5 Å². The summed E-state index contributed by atoms with van der Waals surface area (Å²) in [6.07, 6.45) is 2.79. The fourth-order valence-electron chi connectivity index (χ4n) is 1.11. The summed E-state index contributed by atoms with van der Waals surface area (Å²) in [5.74, 6) is 0. The third-order valence-electron chi connectivity index (χ3n) is 1.65. The monoisotopic (exact) mass is 134 g/mol. The zero-order valence-corrected chi connectivity index (χ0v) is 6.46. The molecule has 0 aromatic carbocycles. The molecule has 1 fully saturated rings. The summed E-state index contributed by atoms with van der Waals surface area (Å²) < 4.78 is 0. The molecule has 2 heteroatoms. The lowest BCUT2D eigenvalue weighted by atomic mass is 10.4. The second-order valence-electron chi connectivity index (χ2n) is 2.62. The molecule has 1 rings (SSSR count). The van der Waals surface area contributed by atoms with Gasteiger partial charge in [-0.2, -0.15) is 11.1 Å². The van der Waals surface area contributed by atoms with E-state index < -0.39 is 7.38 Å². The second-order valence-corrected chi connectivity index (χ2v) is 9.18. The van der Waals surface area contributed by atoms with Crippen LogP contribution in [-0.4, -0.2) is 7.38 Å². The number of hydrogen-bond acceptors (Lipinski definition) is 0. The molecule has 0 radical (unpaired) electrons. The third kappa shape index (κ3) is 1.46. The van der Waals surface area contributed by atoms with Gasteiger partial charge in [0.2, 0.25) is 0 Å². The minimum Gasteiger partial charge on any atom is -0.167 e. The first kappa shape index (κ1) is 5.64. The molecule has 0 bridgehead atoms. The van der Waals surface area contributed by atoms with E-state index >= 15 is 0 Å². The van der Waals surface area contributed by atoms with Crippen LogP contribution < -0.4 is 0 Å². The maximum Gasteiger partial charge on any atom is 0.153 e. The molecule has 0 spiro atoms. The normalized spacial score (nSPS) is 28.3. The summed E-state index contributed by atoms with van der Waals surface area (Å²) >= 11 is 6.11. The number of rotatable bonds is 0. The number of halogens is 1. The van der Waals surface area contributed by atoms with Crippen molar-refractivity contribution in [2.24, 2.45) is 0 Å². The summed E-state index contributed by atoms with van der Waals surface area (Å²) in [5, 5.41) is 0. The van der Waals surface area contributed by atoms with Gasteiger partial charge in [0.25, 0.3) is 0 Å². The van der Waals surface area contributed by atoms with Gasteiger partial charge in [0, 0.05) is 0 Å². The van der Waals surface area contributed by atoms with Gasteiger partial charge < -0.3 is 0 Å². The van der Waals surface area contributed by atoms with Crippen molar-refractivity contribution in [1.82, 2.24) is 0 Å². The highest BCUT2D eigenvalue weighted by molar-refractivity contribution is 7.20. The van der Waals surface area contributed by atoms with E-state index in [9.17, 15) is 0 Å². The maximum atomic E-state index is 6.11. The van der Waals surface area contributed by atoms with Gasteiger partial charge in [0.1, 0.15) is 0 Å². The van der Waals surface area contributed by atoms with Crippen molar-refractivity contribution in [2.45, 2.75) is 31.5 Å². The molecule has 0 saturated carbocycles. The van der Waals surface area contributed by atoms with Crippen molar-refractivity contribution in [1.29, 1.82) is 0 Å². The highest BCUT2D eigenvalue weighted by Gasteiger charge is 2.28. The molecule has 1 heterocycles. The van der Waals surface area contributed by atoms with E-state index in [0.29, 0.717) is 0 Å². The first-order valence-electron chi connectivity index (χ1n) is 2.90. The highest BCUT2D eigenvalue weighted by Crippen LogP contribution is 2.32. The van der Waals surface area contributed by atoms with E-state index in [2.05, 4.69) is 6.55 Å². The molecule has 0 N–H and O–H groups in total. The van der Waals surface area contributed by atoms with Crippen LogP contribution in [0.15, 0.2) is 0 Å². The standard InChI is InChI=1S/C5H11ClSi/c1-7(6)4-2-3-5-7/h2-5H2,1H3. The highest BCUT2D eigenvalue weighted by atomic mass is 35.6. The minimum atomic E-state index is -1.07. The van der Waals surface area contributed by atoms with Gasteiger partial charge in [0.05, 0.1) is 0 Å². The van der Waals surface area contributed by atoms with Gasteiger partial charge in [-0.05, 0) is 12.1 Å². The molecule has 0 amide bonds. The summed E-state index contributed by atoms with van der Waals surface area (Å²) in [7, 11) is -1.07. The molecule has 0 atom stereocenters. The Morgan fingerprint density at radius 2 is 1.71 bits per heavy atom. The average molecular weight is 135 g/mol. The molecule has 0 nitrogen and oxygen atoms in total. The van der Waals surface area contributed by atoms with Gasteiger partial charge in [-0.3, -0.25) is 0 Å². The molecule has 0 aromatic rings. The van der Waals surface area contributed by atoms with Crippen molar-refractivity contribution in [3.05, 3.63) is 0 Å². The van der Waals surface area contributed by atoms with E-state index in [1.807, 2.05) is 0 Å². The van der Waals surface area contributed by atoms with Gasteiger partial charge in [-0.25, -0.2) is 0 Å². The molecule has 1 saturated heterocycles. The zero-order chi connectivity index (χ0) is 5.33. The summed E-state index contributed by atoms with van der Waals surface area (Å²) in [4.78, 5) is 0. The SMILES string of the molecule is C[Si]1(Cl)CCCC1. The Kier molecular flexibility index (Phi) is 1.44. The van der Waals surface area contributed by atoms with Crippen molar-refractivity contribution in [2.75, 3.05) is 0 Å². The topological polar surface area (TPSA) is 0 Å². The molecular weight excluding hydrogens is 124 g/mol. The van der Waals surface area contributed by atoms with Gasteiger partial charge in [0.15, 0.2) is 7.38 Å². The van der Waals surface area contributed by atoms with E-state index in [0.717, 1.165) is 0 Å². The van der Waals surface area contributed by atoms with E-state index in [1.165, 1.54) is 24.9 Å². The van der Waals surface area contributed by atoms with Crippen LogP contribution in [0.5, 0.6) is 0 Å². The molecule has 7 heavy (non-hydrogen) atoms. The molecule has 1 aliphatic heterocycles. The van der Waals surface area contributed by atoms with Crippen molar-refractivity contribution in [3.63, 3.8) is 0 Å². The smallest absolute Gasteiger partial charge is 0.153 e. The first-order chi connectivity index (χ1) is 3.21. The Bertz CT molecular complexity index is 62.5.